The van der Waals surface area contributed by atoms with E-state index in [4.69, 9.17) is 14.2 Å². The number of Topliss-reactive ketones (excluding diaryl/α,β-unsaturated/α-hetero) is 1. The number of ketones is 1. The van der Waals surface area contributed by atoms with E-state index in [9.17, 15) is 4.79 Å². The smallest absolute Gasteiger partial charge is 0.308 e. The van der Waals surface area contributed by atoms with E-state index in [-0.39, 0.29) is 11.5 Å². The highest BCUT2D eigenvalue weighted by Crippen LogP contribution is 2.74. The predicted molar refractivity (Wildman–Crippen MR) is 191 cm³/mol. The third-order valence-corrected chi connectivity index (χ3v) is 10.6. The first-order valence-electron chi connectivity index (χ1n) is 16.6. The van der Waals surface area contributed by atoms with Crippen molar-refractivity contribution < 1.29 is 33.4 Å². The van der Waals surface area contributed by atoms with Gasteiger partial charge < -0.3 is 14.2 Å². The first kappa shape index (κ1) is 32.0. The van der Waals surface area contributed by atoms with Crippen LogP contribution in [0.3, 0.4) is 0 Å². The van der Waals surface area contributed by atoms with Gasteiger partial charge in [0.1, 0.15) is 17.2 Å². The van der Waals surface area contributed by atoms with Crippen LogP contribution in [0.4, 0.5) is 5.69 Å². The van der Waals surface area contributed by atoms with Crippen LogP contribution in [0.1, 0.15) is 29.2 Å². The molecule has 2 amide bonds. The molecule has 8 rings (SSSR count). The van der Waals surface area contributed by atoms with Crippen LogP contribution in [0, 0.1) is 11.8 Å². The van der Waals surface area contributed by atoms with Gasteiger partial charge in [-0.05, 0) is 81.9 Å². The minimum Gasteiger partial charge on any atom is -0.497 e. The van der Waals surface area contributed by atoms with Crippen molar-refractivity contribution in [2.24, 2.45) is 11.8 Å². The minimum absolute atomic E-state index is 0.217. The summed E-state index contributed by atoms with van der Waals surface area (Å²) < 4.78 is 16.3. The summed E-state index contributed by atoms with van der Waals surface area (Å²) in [5.41, 5.74) is 1.30. The van der Waals surface area contributed by atoms with Gasteiger partial charge in [-0.2, -0.15) is 0 Å². The second kappa shape index (κ2) is 11.9. The third kappa shape index (κ3) is 4.39. The standard InChI is InChI=1S/C43H33NO7/c1-26(45)51-34-24-18-31(19-25-34)44-39(46)37-38(40(44)47)43(30-12-8-5-9-13-30)36(28-16-22-33(50-3)23-17-28)35(27-14-20-32(49-2)21-15-27)42(37,41(43)48)29-10-6-4-7-11-29/h4-25,37-38H,1-3H3/t37-,38-,42-,43-/m0/s1. The molecule has 8 heteroatoms. The highest BCUT2D eigenvalue weighted by Gasteiger charge is 2.82. The van der Waals surface area contributed by atoms with Gasteiger partial charge in [-0.3, -0.25) is 19.2 Å². The normalized spacial score (nSPS) is 23.4. The predicted octanol–water partition coefficient (Wildman–Crippen LogP) is 6.82. The van der Waals surface area contributed by atoms with Crippen molar-refractivity contribution in [1.29, 1.82) is 0 Å². The number of hydrogen-bond donors (Lipinski definition) is 0. The fraction of sp³-hybridized carbons (Fsp3) is 0.163. The van der Waals surface area contributed by atoms with Crippen LogP contribution >= 0.6 is 0 Å². The number of amides is 2. The average molecular weight is 676 g/mol. The van der Waals surface area contributed by atoms with E-state index in [1.54, 1.807) is 38.5 Å². The van der Waals surface area contributed by atoms with Crippen LogP contribution < -0.4 is 19.1 Å². The molecule has 1 saturated carbocycles. The van der Waals surface area contributed by atoms with Crippen LogP contribution in [0.15, 0.2) is 133 Å². The summed E-state index contributed by atoms with van der Waals surface area (Å²) in [6, 6.07) is 40.0. The van der Waals surface area contributed by atoms with Crippen molar-refractivity contribution in [3.8, 4) is 17.2 Å². The molecule has 1 heterocycles. The summed E-state index contributed by atoms with van der Waals surface area (Å²) in [4.78, 5) is 59.2. The Balaban J connectivity index is 1.48. The number of fused-ring (bicyclic) bond motifs is 5. The Bertz CT molecular complexity index is 2100. The molecule has 4 atom stereocenters. The zero-order valence-corrected chi connectivity index (χ0v) is 28.2. The number of rotatable bonds is 8. The number of ether oxygens (including phenoxy) is 3. The lowest BCUT2D eigenvalue weighted by atomic mass is 9.59. The fourth-order valence-corrected chi connectivity index (χ4v) is 8.72. The Hall–Kier alpha value is -6.28. The van der Waals surface area contributed by atoms with Crippen LogP contribution in [0.2, 0.25) is 0 Å². The molecular weight excluding hydrogens is 642 g/mol. The van der Waals surface area contributed by atoms with Crippen molar-refractivity contribution in [3.05, 3.63) is 156 Å². The molecule has 0 aromatic heterocycles. The van der Waals surface area contributed by atoms with E-state index in [1.165, 1.54) is 11.8 Å². The Morgan fingerprint density at radius 2 is 0.941 bits per heavy atom. The first-order chi connectivity index (χ1) is 24.8. The van der Waals surface area contributed by atoms with E-state index < -0.39 is 40.4 Å². The number of methoxy groups -OCH3 is 2. The van der Waals surface area contributed by atoms with Gasteiger partial charge in [0.05, 0.1) is 42.6 Å². The van der Waals surface area contributed by atoms with Gasteiger partial charge >= 0.3 is 5.97 Å². The molecule has 252 valence electrons. The van der Waals surface area contributed by atoms with Crippen molar-refractivity contribution in [1.82, 2.24) is 0 Å². The molecule has 0 radical (unpaired) electrons. The first-order valence-corrected chi connectivity index (χ1v) is 16.6. The van der Waals surface area contributed by atoms with E-state index in [2.05, 4.69) is 0 Å². The lowest BCUT2D eigenvalue weighted by Gasteiger charge is -2.39. The zero-order chi connectivity index (χ0) is 35.5. The number of carbonyl (C=O) groups excluding carboxylic acids is 4. The van der Waals surface area contributed by atoms with Crippen LogP contribution in [-0.4, -0.2) is 37.8 Å². The maximum atomic E-state index is 16.1. The SMILES string of the molecule is COc1ccc(C2=C(c3ccc(OC)cc3)[C@]3(c4ccccc4)C(=O)[C@]2(c2ccccc2)[C@@H]2C(=O)N(c4ccc(OC(C)=O)cc4)C(=O)[C@H]23)cc1. The second-order valence-electron chi connectivity index (χ2n) is 12.9. The largest absolute Gasteiger partial charge is 0.497 e. The number of carbonyl (C=O) groups is 4. The van der Waals surface area contributed by atoms with E-state index in [1.807, 2.05) is 109 Å². The molecular formula is C43H33NO7. The molecule has 8 nitrogen and oxygen atoms in total. The van der Waals surface area contributed by atoms with Crippen LogP contribution in [0.25, 0.3) is 11.1 Å². The number of hydrogen-bond acceptors (Lipinski definition) is 7. The maximum absolute atomic E-state index is 16.1. The molecule has 2 aliphatic carbocycles. The van der Waals surface area contributed by atoms with Gasteiger partial charge in [-0.25, -0.2) is 4.90 Å². The number of nitrogens with zero attached hydrogens (tertiary/aromatic N) is 1. The number of esters is 1. The van der Waals surface area contributed by atoms with E-state index in [0.29, 0.717) is 39.5 Å². The van der Waals surface area contributed by atoms with Crippen molar-refractivity contribution in [2.75, 3.05) is 19.1 Å². The summed E-state index contributed by atoms with van der Waals surface area (Å²) in [5.74, 6) is -2.24. The van der Waals surface area contributed by atoms with Gasteiger partial charge in [0.25, 0.3) is 0 Å². The van der Waals surface area contributed by atoms with Gasteiger partial charge in [0.15, 0.2) is 5.78 Å². The molecule has 1 aliphatic heterocycles. The molecule has 51 heavy (non-hydrogen) atoms. The van der Waals surface area contributed by atoms with Crippen molar-refractivity contribution >= 4 is 40.4 Å². The summed E-state index contributed by atoms with van der Waals surface area (Å²) in [6.45, 7) is 1.30. The summed E-state index contributed by atoms with van der Waals surface area (Å²) in [6.07, 6.45) is 0. The van der Waals surface area contributed by atoms with Crippen LogP contribution in [-0.2, 0) is 30.0 Å². The maximum Gasteiger partial charge on any atom is 0.308 e. The third-order valence-electron chi connectivity index (χ3n) is 10.6. The van der Waals surface area contributed by atoms with Crippen LogP contribution in [0.5, 0.6) is 17.2 Å². The number of benzene rings is 5. The van der Waals surface area contributed by atoms with Gasteiger partial charge in [0, 0.05) is 6.92 Å². The van der Waals surface area contributed by atoms with Crippen molar-refractivity contribution in [3.63, 3.8) is 0 Å². The summed E-state index contributed by atoms with van der Waals surface area (Å²) in [5, 5.41) is 0. The topological polar surface area (TPSA) is 99.2 Å². The highest BCUT2D eigenvalue weighted by atomic mass is 16.5. The molecule has 2 bridgehead atoms. The van der Waals surface area contributed by atoms with E-state index >= 15 is 14.4 Å². The molecule has 2 fully saturated rings. The molecule has 5 aromatic carbocycles. The van der Waals surface area contributed by atoms with Gasteiger partial charge in [-0.1, -0.05) is 84.9 Å². The number of imide groups is 1. The Labute approximate surface area is 294 Å². The Kier molecular flexibility index (Phi) is 7.49. The number of allylic oxidation sites excluding steroid dienone is 2. The van der Waals surface area contributed by atoms with Gasteiger partial charge in [-0.15, -0.1) is 0 Å². The monoisotopic (exact) mass is 675 g/mol. The molecule has 0 N–H and O–H groups in total. The molecule has 1 saturated heterocycles. The van der Waals surface area contributed by atoms with Crippen molar-refractivity contribution in [2.45, 2.75) is 17.8 Å². The molecule has 0 spiro atoms. The molecule has 3 aliphatic rings. The van der Waals surface area contributed by atoms with E-state index in [0.717, 1.165) is 11.1 Å². The fourth-order valence-electron chi connectivity index (χ4n) is 8.72. The minimum atomic E-state index is -1.55. The highest BCUT2D eigenvalue weighted by molar-refractivity contribution is 6.39. The lowest BCUT2D eigenvalue weighted by molar-refractivity contribution is -0.132. The average Bonchev–Trinajstić information content (AvgIpc) is 3.68. The number of anilines is 1. The second-order valence-corrected chi connectivity index (χ2v) is 12.9. The molecule has 0 unspecified atom stereocenters. The quantitative estimate of drug-likeness (QED) is 0.101. The summed E-state index contributed by atoms with van der Waals surface area (Å²) in [7, 11) is 3.18. The summed E-state index contributed by atoms with van der Waals surface area (Å²) >= 11 is 0. The Morgan fingerprint density at radius 1 is 0.549 bits per heavy atom. The zero-order valence-electron chi connectivity index (χ0n) is 28.2. The Morgan fingerprint density at radius 3 is 1.31 bits per heavy atom. The molecule has 5 aromatic rings. The lowest BCUT2D eigenvalue weighted by Crippen LogP contribution is -2.45. The van der Waals surface area contributed by atoms with Gasteiger partial charge in [0.2, 0.25) is 11.8 Å².